The second-order valence-corrected chi connectivity index (χ2v) is 4.93. The fourth-order valence-electron chi connectivity index (χ4n) is 2.54. The van der Waals surface area contributed by atoms with Crippen molar-refractivity contribution in [2.45, 2.75) is 64.3 Å². The van der Waals surface area contributed by atoms with E-state index < -0.39 is 0 Å². The monoisotopic (exact) mass is 213 g/mol. The number of aliphatic hydroxyl groups excluding tert-OH is 1. The lowest BCUT2D eigenvalue weighted by molar-refractivity contribution is 0.282. The highest BCUT2D eigenvalue weighted by Gasteiger charge is 2.20. The third-order valence-electron chi connectivity index (χ3n) is 3.66. The summed E-state index contributed by atoms with van der Waals surface area (Å²) in [6.45, 7) is 3.85. The van der Waals surface area contributed by atoms with Crippen LogP contribution in [-0.4, -0.2) is 24.3 Å². The number of hydrogen-bond acceptors (Lipinski definition) is 2. The van der Waals surface area contributed by atoms with Gasteiger partial charge in [-0.2, -0.15) is 0 Å². The smallest absolute Gasteiger partial charge is 0.0431 e. The van der Waals surface area contributed by atoms with Crippen molar-refractivity contribution < 1.29 is 5.11 Å². The first-order valence-corrected chi connectivity index (χ1v) is 6.69. The van der Waals surface area contributed by atoms with Crippen molar-refractivity contribution in [2.75, 3.05) is 13.2 Å². The van der Waals surface area contributed by atoms with Gasteiger partial charge in [-0.15, -0.1) is 0 Å². The number of nitrogens with one attached hydrogen (secondary N) is 1. The summed E-state index contributed by atoms with van der Waals surface area (Å²) in [7, 11) is 0. The van der Waals surface area contributed by atoms with E-state index in [1.54, 1.807) is 0 Å². The lowest BCUT2D eigenvalue weighted by atomic mass is 10.00. The normalized spacial score (nSPS) is 19.6. The Balaban J connectivity index is 1.90. The summed E-state index contributed by atoms with van der Waals surface area (Å²) in [5, 5.41) is 12.3. The van der Waals surface area contributed by atoms with Crippen LogP contribution >= 0.6 is 0 Å². The average Bonchev–Trinajstić information content (AvgIpc) is 2.76. The molecule has 2 heteroatoms. The first-order valence-electron chi connectivity index (χ1n) is 6.69. The van der Waals surface area contributed by atoms with Crippen molar-refractivity contribution >= 4 is 0 Å². The van der Waals surface area contributed by atoms with E-state index >= 15 is 0 Å². The summed E-state index contributed by atoms with van der Waals surface area (Å²) in [4.78, 5) is 0. The Kier molecular flexibility index (Phi) is 7.03. The third-order valence-corrected chi connectivity index (χ3v) is 3.66. The maximum atomic E-state index is 8.64. The SMILES string of the molecule is C[C@@H](NCCCCCCO)C1CCCC1. The Morgan fingerprint density at radius 3 is 2.47 bits per heavy atom. The van der Waals surface area contributed by atoms with Gasteiger partial charge >= 0.3 is 0 Å². The van der Waals surface area contributed by atoms with Crippen molar-refractivity contribution in [1.82, 2.24) is 5.32 Å². The number of rotatable bonds is 8. The Labute approximate surface area is 94.5 Å². The predicted octanol–water partition coefficient (Wildman–Crippen LogP) is 2.71. The molecular weight excluding hydrogens is 186 g/mol. The molecule has 0 unspecified atom stereocenters. The summed E-state index contributed by atoms with van der Waals surface area (Å²) in [5.74, 6) is 0.933. The van der Waals surface area contributed by atoms with Crippen LogP contribution in [0.3, 0.4) is 0 Å². The van der Waals surface area contributed by atoms with Crippen molar-refractivity contribution in [1.29, 1.82) is 0 Å². The summed E-state index contributed by atoms with van der Waals surface area (Å²) in [5.41, 5.74) is 0. The standard InChI is InChI=1S/C13H27NO/c1-12(13-8-4-5-9-13)14-10-6-2-3-7-11-15/h12-15H,2-11H2,1H3/t12-/m1/s1. The summed E-state index contributed by atoms with van der Waals surface area (Å²) >= 11 is 0. The Morgan fingerprint density at radius 2 is 1.80 bits per heavy atom. The van der Waals surface area contributed by atoms with Crippen molar-refractivity contribution in [3.05, 3.63) is 0 Å². The molecule has 1 aliphatic carbocycles. The maximum Gasteiger partial charge on any atom is 0.0431 e. The van der Waals surface area contributed by atoms with Crippen LogP contribution in [0.2, 0.25) is 0 Å². The molecule has 0 heterocycles. The van der Waals surface area contributed by atoms with Gasteiger partial charge in [-0.05, 0) is 45.1 Å². The molecule has 0 saturated heterocycles. The minimum Gasteiger partial charge on any atom is -0.396 e. The molecule has 0 aliphatic heterocycles. The minimum absolute atomic E-state index is 0.353. The highest BCUT2D eigenvalue weighted by molar-refractivity contribution is 4.76. The van der Waals surface area contributed by atoms with Crippen LogP contribution in [0.5, 0.6) is 0 Å². The second-order valence-electron chi connectivity index (χ2n) is 4.93. The quantitative estimate of drug-likeness (QED) is 0.608. The zero-order valence-electron chi connectivity index (χ0n) is 10.2. The molecule has 1 atom stereocenters. The lowest BCUT2D eigenvalue weighted by Gasteiger charge is -2.20. The van der Waals surface area contributed by atoms with Gasteiger partial charge in [0.1, 0.15) is 0 Å². The van der Waals surface area contributed by atoms with Gasteiger partial charge in [0.15, 0.2) is 0 Å². The molecule has 0 aromatic rings. The molecule has 0 radical (unpaired) electrons. The van der Waals surface area contributed by atoms with Gasteiger partial charge in [-0.3, -0.25) is 0 Å². The predicted molar refractivity (Wildman–Crippen MR) is 65.0 cm³/mol. The van der Waals surface area contributed by atoms with E-state index in [1.165, 1.54) is 44.9 Å². The number of unbranched alkanes of at least 4 members (excludes halogenated alkanes) is 3. The summed E-state index contributed by atoms with van der Waals surface area (Å²) in [6, 6.07) is 0.713. The van der Waals surface area contributed by atoms with Gasteiger partial charge in [0.25, 0.3) is 0 Å². The Bertz CT molecular complexity index is 143. The largest absolute Gasteiger partial charge is 0.396 e. The van der Waals surface area contributed by atoms with Crippen LogP contribution in [-0.2, 0) is 0 Å². The van der Waals surface area contributed by atoms with E-state index in [4.69, 9.17) is 5.11 Å². The zero-order valence-corrected chi connectivity index (χ0v) is 10.2. The van der Waals surface area contributed by atoms with E-state index in [-0.39, 0.29) is 0 Å². The van der Waals surface area contributed by atoms with Crippen molar-refractivity contribution in [2.24, 2.45) is 5.92 Å². The summed E-state index contributed by atoms with van der Waals surface area (Å²) < 4.78 is 0. The van der Waals surface area contributed by atoms with Gasteiger partial charge in [-0.25, -0.2) is 0 Å². The van der Waals surface area contributed by atoms with E-state index in [0.29, 0.717) is 12.6 Å². The maximum absolute atomic E-state index is 8.64. The molecule has 1 rings (SSSR count). The van der Waals surface area contributed by atoms with E-state index in [0.717, 1.165) is 18.9 Å². The molecule has 0 spiro atoms. The van der Waals surface area contributed by atoms with E-state index in [9.17, 15) is 0 Å². The van der Waals surface area contributed by atoms with Crippen LogP contribution in [0.4, 0.5) is 0 Å². The molecule has 15 heavy (non-hydrogen) atoms. The topological polar surface area (TPSA) is 32.3 Å². The third kappa shape index (κ3) is 5.53. The molecule has 2 nitrogen and oxygen atoms in total. The number of hydrogen-bond donors (Lipinski definition) is 2. The van der Waals surface area contributed by atoms with Gasteiger partial charge in [0, 0.05) is 12.6 Å². The van der Waals surface area contributed by atoms with Crippen molar-refractivity contribution in [3.8, 4) is 0 Å². The van der Waals surface area contributed by atoms with Gasteiger partial charge < -0.3 is 10.4 Å². The van der Waals surface area contributed by atoms with Crippen LogP contribution in [0.25, 0.3) is 0 Å². The van der Waals surface area contributed by atoms with Crippen LogP contribution in [0, 0.1) is 5.92 Å². The average molecular weight is 213 g/mol. The molecular formula is C13H27NO. The molecule has 0 aromatic carbocycles. The Morgan fingerprint density at radius 1 is 1.13 bits per heavy atom. The lowest BCUT2D eigenvalue weighted by Crippen LogP contribution is -2.32. The van der Waals surface area contributed by atoms with Gasteiger partial charge in [0.05, 0.1) is 0 Å². The Hall–Kier alpha value is -0.0800. The molecule has 0 amide bonds. The van der Waals surface area contributed by atoms with Gasteiger partial charge in [-0.1, -0.05) is 25.7 Å². The van der Waals surface area contributed by atoms with Crippen LogP contribution in [0.1, 0.15) is 58.3 Å². The van der Waals surface area contributed by atoms with Crippen LogP contribution < -0.4 is 5.32 Å². The first kappa shape index (κ1) is 13.0. The molecule has 2 N–H and O–H groups in total. The van der Waals surface area contributed by atoms with E-state index in [1.807, 2.05) is 0 Å². The van der Waals surface area contributed by atoms with E-state index in [2.05, 4.69) is 12.2 Å². The highest BCUT2D eigenvalue weighted by atomic mass is 16.2. The molecule has 0 aromatic heterocycles. The molecule has 1 fully saturated rings. The fraction of sp³-hybridized carbons (Fsp3) is 1.00. The molecule has 0 bridgehead atoms. The molecule has 90 valence electrons. The summed E-state index contributed by atoms with van der Waals surface area (Å²) in [6.07, 6.45) is 10.4. The minimum atomic E-state index is 0.353. The van der Waals surface area contributed by atoms with Crippen LogP contribution in [0.15, 0.2) is 0 Å². The molecule has 1 saturated carbocycles. The van der Waals surface area contributed by atoms with Gasteiger partial charge in [0.2, 0.25) is 0 Å². The van der Waals surface area contributed by atoms with Crippen molar-refractivity contribution in [3.63, 3.8) is 0 Å². The fourth-order valence-corrected chi connectivity index (χ4v) is 2.54. The molecule has 1 aliphatic rings. The second kappa shape index (κ2) is 8.12. The number of aliphatic hydroxyl groups is 1. The highest BCUT2D eigenvalue weighted by Crippen LogP contribution is 2.27. The first-order chi connectivity index (χ1) is 7.34. The zero-order chi connectivity index (χ0) is 10.9.